The Morgan fingerprint density at radius 1 is 1.15 bits per heavy atom. The first-order valence-electron chi connectivity index (χ1n) is 13.6. The van der Waals surface area contributed by atoms with Crippen LogP contribution in [0, 0.1) is 5.92 Å². The maximum atomic E-state index is 4.89. The van der Waals surface area contributed by atoms with Crippen molar-refractivity contribution in [2.45, 2.75) is 33.1 Å². The second-order valence-corrected chi connectivity index (χ2v) is 10.1. The second-order valence-electron chi connectivity index (χ2n) is 10.1. The predicted molar refractivity (Wildman–Crippen MR) is 162 cm³/mol. The zero-order chi connectivity index (χ0) is 27.2. The lowest BCUT2D eigenvalue weighted by Crippen LogP contribution is -2.27. The molecule has 1 fully saturated rings. The molecule has 3 aromatic heterocycles. The monoisotopic (exact) mass is 516 g/mol. The lowest BCUT2D eigenvalue weighted by Gasteiger charge is -2.23. The molecular weight excluding hydrogens is 480 g/mol. The van der Waals surface area contributed by atoms with Crippen molar-refractivity contribution in [2.24, 2.45) is 5.92 Å². The van der Waals surface area contributed by atoms with Crippen LogP contribution in [-0.2, 0) is 0 Å². The van der Waals surface area contributed by atoms with Crippen molar-refractivity contribution in [3.05, 3.63) is 101 Å². The van der Waals surface area contributed by atoms with E-state index < -0.39 is 0 Å². The number of aromatic nitrogens is 5. The minimum atomic E-state index is 0.688. The Kier molecular flexibility index (Phi) is 8.13. The molecule has 39 heavy (non-hydrogen) atoms. The van der Waals surface area contributed by atoms with Crippen molar-refractivity contribution in [3.63, 3.8) is 0 Å². The molecule has 6 heteroatoms. The third kappa shape index (κ3) is 5.91. The molecule has 0 unspecified atom stereocenters. The predicted octanol–water partition coefficient (Wildman–Crippen LogP) is 5.60. The molecule has 1 aromatic carbocycles. The van der Waals surface area contributed by atoms with Crippen LogP contribution in [0.1, 0.15) is 33.1 Å². The van der Waals surface area contributed by atoms with E-state index in [1.807, 2.05) is 42.6 Å². The molecule has 0 radical (unpaired) electrons. The third-order valence-corrected chi connectivity index (χ3v) is 7.46. The number of H-pyrrole nitrogens is 2. The number of nitrogens with zero attached hydrogens (tertiary/aromatic N) is 3. The van der Waals surface area contributed by atoms with Crippen LogP contribution in [-0.4, -0.2) is 38.2 Å². The van der Waals surface area contributed by atoms with Gasteiger partial charge in [0.15, 0.2) is 5.82 Å². The summed E-state index contributed by atoms with van der Waals surface area (Å²) in [5, 5.41) is 12.8. The van der Waals surface area contributed by atoms with Gasteiger partial charge < -0.3 is 10.3 Å². The van der Waals surface area contributed by atoms with E-state index in [0.29, 0.717) is 11.5 Å². The molecule has 0 saturated carbocycles. The maximum Gasteiger partial charge on any atom is 0.159 e. The summed E-state index contributed by atoms with van der Waals surface area (Å²) in [7, 11) is 0. The summed E-state index contributed by atoms with van der Waals surface area (Å²) in [5.41, 5.74) is 8.25. The molecule has 0 bridgehead atoms. The molecule has 0 spiro atoms. The van der Waals surface area contributed by atoms with Gasteiger partial charge in [0.05, 0.1) is 16.4 Å². The van der Waals surface area contributed by atoms with E-state index in [2.05, 4.69) is 76.8 Å². The van der Waals surface area contributed by atoms with E-state index in [1.54, 1.807) is 6.20 Å². The Morgan fingerprint density at radius 2 is 2.00 bits per heavy atom. The highest BCUT2D eigenvalue weighted by Gasteiger charge is 2.15. The van der Waals surface area contributed by atoms with Crippen LogP contribution in [0.4, 0.5) is 0 Å². The first kappa shape index (κ1) is 26.3. The quantitative estimate of drug-likeness (QED) is 0.266. The molecule has 4 aromatic rings. The zero-order valence-electron chi connectivity index (χ0n) is 22.8. The van der Waals surface area contributed by atoms with Crippen molar-refractivity contribution >= 4 is 23.7 Å². The fraction of sp³-hybridized carbons (Fsp3) is 0.242. The number of imidazole rings is 1. The van der Waals surface area contributed by atoms with Crippen molar-refractivity contribution in [1.82, 2.24) is 30.5 Å². The molecule has 0 amide bonds. The van der Waals surface area contributed by atoms with E-state index in [9.17, 15) is 0 Å². The molecular formula is C33H36N6. The summed E-state index contributed by atoms with van der Waals surface area (Å²) in [6.45, 7) is 14.8. The van der Waals surface area contributed by atoms with Crippen LogP contribution in [0.25, 0.3) is 46.3 Å². The van der Waals surface area contributed by atoms with Crippen molar-refractivity contribution < 1.29 is 0 Å². The average Bonchev–Trinajstić information content (AvgIpc) is 3.57. The van der Waals surface area contributed by atoms with Crippen LogP contribution in [0.3, 0.4) is 0 Å². The zero-order valence-corrected chi connectivity index (χ0v) is 22.8. The van der Waals surface area contributed by atoms with Gasteiger partial charge in [-0.1, -0.05) is 55.7 Å². The van der Waals surface area contributed by atoms with Gasteiger partial charge in [0.2, 0.25) is 0 Å². The molecule has 1 aliphatic heterocycles. The molecule has 198 valence electrons. The van der Waals surface area contributed by atoms with Gasteiger partial charge in [0, 0.05) is 28.7 Å². The van der Waals surface area contributed by atoms with E-state index >= 15 is 0 Å². The molecule has 0 atom stereocenters. The topological polar surface area (TPSA) is 82.3 Å². The van der Waals surface area contributed by atoms with Crippen LogP contribution >= 0.6 is 0 Å². The average molecular weight is 517 g/mol. The number of allylic oxidation sites excluding steroid dienone is 7. The summed E-state index contributed by atoms with van der Waals surface area (Å²) in [6.07, 6.45) is 17.7. The Bertz CT molecular complexity index is 1660. The number of fused-ring (bicyclic) bond motifs is 1. The van der Waals surface area contributed by atoms with Crippen LogP contribution < -0.4 is 15.9 Å². The van der Waals surface area contributed by atoms with Crippen molar-refractivity contribution in [2.75, 3.05) is 13.1 Å². The lowest BCUT2D eigenvalue weighted by molar-refractivity contribution is 0.374. The fourth-order valence-electron chi connectivity index (χ4n) is 5.16. The molecule has 0 aliphatic carbocycles. The van der Waals surface area contributed by atoms with Gasteiger partial charge in [0.25, 0.3) is 0 Å². The first-order chi connectivity index (χ1) is 19.1. The first-order valence-corrected chi connectivity index (χ1v) is 13.6. The highest BCUT2D eigenvalue weighted by molar-refractivity contribution is 5.93. The molecule has 1 aliphatic rings. The van der Waals surface area contributed by atoms with Gasteiger partial charge in [-0.15, -0.1) is 0 Å². The van der Waals surface area contributed by atoms with Gasteiger partial charge in [0.1, 0.15) is 5.69 Å². The normalized spacial score (nSPS) is 16.3. The Hall–Kier alpha value is -4.29. The number of para-hydroxylation sites is 1. The molecule has 4 heterocycles. The van der Waals surface area contributed by atoms with E-state index in [-0.39, 0.29) is 0 Å². The second kappa shape index (κ2) is 12.0. The smallest absolute Gasteiger partial charge is 0.159 e. The van der Waals surface area contributed by atoms with Crippen molar-refractivity contribution in [3.8, 4) is 22.6 Å². The Morgan fingerprint density at radius 3 is 2.74 bits per heavy atom. The number of nitrogens with one attached hydrogen (secondary N) is 3. The number of benzene rings is 1. The molecule has 5 rings (SSSR count). The number of rotatable bonds is 8. The molecule has 3 N–H and O–H groups in total. The third-order valence-electron chi connectivity index (χ3n) is 7.46. The molecule has 1 saturated heterocycles. The Balaban J connectivity index is 1.41. The van der Waals surface area contributed by atoms with E-state index in [1.165, 1.54) is 29.6 Å². The van der Waals surface area contributed by atoms with Crippen molar-refractivity contribution in [1.29, 1.82) is 0 Å². The number of pyridine rings is 1. The van der Waals surface area contributed by atoms with Crippen LogP contribution in [0.15, 0.2) is 90.3 Å². The van der Waals surface area contributed by atoms with E-state index in [4.69, 9.17) is 4.98 Å². The highest BCUT2D eigenvalue weighted by atomic mass is 15.1. The number of aromatic amines is 2. The van der Waals surface area contributed by atoms with Gasteiger partial charge in [-0.05, 0) is 87.0 Å². The van der Waals surface area contributed by atoms with Gasteiger partial charge >= 0.3 is 0 Å². The van der Waals surface area contributed by atoms with Crippen LogP contribution in [0.2, 0.25) is 0 Å². The summed E-state index contributed by atoms with van der Waals surface area (Å²) in [4.78, 5) is 12.6. The van der Waals surface area contributed by atoms with E-state index in [0.717, 1.165) is 58.2 Å². The fourth-order valence-corrected chi connectivity index (χ4v) is 5.16. The SMILES string of the molecule is C=C\C(=C/C(=C\C)C(/C)=C/C=c1/[nH]nc(-c2nc3c(-c4cccnc4)cccc3[nH]2)c1=C)CC1CCNCC1. The Labute approximate surface area is 229 Å². The van der Waals surface area contributed by atoms with Gasteiger partial charge in [-0.3, -0.25) is 10.1 Å². The van der Waals surface area contributed by atoms with Gasteiger partial charge in [-0.2, -0.15) is 5.10 Å². The number of hydrogen-bond acceptors (Lipinski definition) is 4. The maximum absolute atomic E-state index is 4.89. The summed E-state index contributed by atoms with van der Waals surface area (Å²) >= 11 is 0. The summed E-state index contributed by atoms with van der Waals surface area (Å²) in [6, 6.07) is 10.1. The lowest BCUT2D eigenvalue weighted by atomic mass is 9.89. The number of piperidine rings is 1. The highest BCUT2D eigenvalue weighted by Crippen LogP contribution is 2.28. The largest absolute Gasteiger partial charge is 0.337 e. The summed E-state index contributed by atoms with van der Waals surface area (Å²) in [5.74, 6) is 1.41. The standard InChI is InChI=1S/C33H36N6/c1-5-24(19-25-14-17-34-18-15-25)20-26(6-2)22(3)12-13-29-23(4)31(39-38-29)33-36-30-11-7-10-28(32(30)37-33)27-9-8-16-35-21-27/h5-13,16,20-21,25,34,38H,1,4,14-15,17-19H2,2-3H3,(H,36,37)/b22-12+,24-20+,26-6+,29-13+. The van der Waals surface area contributed by atoms with Crippen LogP contribution in [0.5, 0.6) is 0 Å². The molecule has 6 nitrogen and oxygen atoms in total. The minimum Gasteiger partial charge on any atom is -0.337 e. The summed E-state index contributed by atoms with van der Waals surface area (Å²) < 4.78 is 0. The number of hydrogen-bond donors (Lipinski definition) is 3. The van der Waals surface area contributed by atoms with Gasteiger partial charge in [-0.25, -0.2) is 4.98 Å². The minimum absolute atomic E-state index is 0.688.